The van der Waals surface area contributed by atoms with Crippen molar-refractivity contribution in [2.24, 2.45) is 0 Å². The summed E-state index contributed by atoms with van der Waals surface area (Å²) in [6.45, 7) is 4.92. The molecule has 0 aliphatic carbocycles. The number of rotatable bonds is 27. The van der Waals surface area contributed by atoms with Crippen molar-refractivity contribution in [1.29, 1.82) is 0 Å². The molecule has 0 radical (unpaired) electrons. The highest BCUT2D eigenvalue weighted by Gasteiger charge is 2.19. The van der Waals surface area contributed by atoms with Crippen molar-refractivity contribution in [1.82, 2.24) is 0 Å². The van der Waals surface area contributed by atoms with Crippen LogP contribution in [0.1, 0.15) is 149 Å². The predicted molar refractivity (Wildman–Crippen MR) is 149 cm³/mol. The summed E-state index contributed by atoms with van der Waals surface area (Å²) in [6.07, 6.45) is 26.6. The summed E-state index contributed by atoms with van der Waals surface area (Å²) in [5.74, 6) is 1.67. The van der Waals surface area contributed by atoms with E-state index in [0.717, 1.165) is 5.75 Å². The average molecular weight is 502 g/mol. The van der Waals surface area contributed by atoms with Gasteiger partial charge in [-0.15, -0.1) is 0 Å². The summed E-state index contributed by atoms with van der Waals surface area (Å²) in [5.41, 5.74) is 0. The Morgan fingerprint density at radius 3 is 1.26 bits per heavy atom. The van der Waals surface area contributed by atoms with Crippen LogP contribution in [0.3, 0.4) is 0 Å². The first-order valence-electron chi connectivity index (χ1n) is 14.6. The van der Waals surface area contributed by atoms with Crippen LogP contribution in [0.15, 0.2) is 0 Å². The van der Waals surface area contributed by atoms with Crippen molar-refractivity contribution < 1.29 is 19.4 Å². The second-order valence-electron chi connectivity index (χ2n) is 9.88. The van der Waals surface area contributed by atoms with Gasteiger partial charge in [0.05, 0.1) is 0 Å². The summed E-state index contributed by atoms with van der Waals surface area (Å²) in [7, 11) is 0.296. The Bertz CT molecular complexity index is 431. The van der Waals surface area contributed by atoms with Crippen molar-refractivity contribution >= 4 is 22.8 Å². The van der Waals surface area contributed by atoms with Gasteiger partial charge in [-0.25, -0.2) is 0 Å². The number of ether oxygens (including phenoxy) is 1. The fourth-order valence-electron chi connectivity index (χ4n) is 4.34. The van der Waals surface area contributed by atoms with Crippen LogP contribution in [-0.4, -0.2) is 40.9 Å². The molecule has 0 spiro atoms. The summed E-state index contributed by atoms with van der Waals surface area (Å²) in [5, 5.41) is 8.71. The normalized spacial score (nSPS) is 11.3. The minimum absolute atomic E-state index is 0.296. The van der Waals surface area contributed by atoms with E-state index in [-0.39, 0.29) is 0 Å². The van der Waals surface area contributed by atoms with Crippen molar-refractivity contribution in [2.75, 3.05) is 23.9 Å². The lowest BCUT2D eigenvalue weighted by molar-refractivity contribution is -0.150. The third-order valence-corrected chi connectivity index (χ3v) is 8.98. The van der Waals surface area contributed by atoms with Crippen molar-refractivity contribution in [2.45, 2.75) is 149 Å². The van der Waals surface area contributed by atoms with Gasteiger partial charge < -0.3 is 9.84 Å². The molecule has 1 N–H and O–H groups in total. The molecule has 0 unspecified atom stereocenters. The Labute approximate surface area is 214 Å². The van der Waals surface area contributed by atoms with E-state index in [1.807, 2.05) is 0 Å². The molecule has 0 amide bonds. The van der Waals surface area contributed by atoms with Gasteiger partial charge in [-0.3, -0.25) is 9.59 Å². The second kappa shape index (κ2) is 26.9. The maximum Gasteiger partial charge on any atom is 0.317 e. The number of carboxylic acid groups (broad SMARTS) is 1. The highest BCUT2D eigenvalue weighted by atomic mass is 32.2. The molecule has 34 heavy (non-hydrogen) atoms. The van der Waals surface area contributed by atoms with Crippen LogP contribution in [-0.2, 0) is 25.2 Å². The molecule has 4 nitrogen and oxygen atoms in total. The number of hydrogen-bond donors (Lipinski definition) is 1. The zero-order valence-corrected chi connectivity index (χ0v) is 23.6. The van der Waals surface area contributed by atoms with E-state index in [1.54, 1.807) is 0 Å². The molecule has 0 aliphatic heterocycles. The van der Waals surface area contributed by atoms with Gasteiger partial charge >= 0.3 is 11.9 Å². The summed E-state index contributed by atoms with van der Waals surface area (Å²) >= 11 is 0. The number of carbonyl (C=O) groups excluding carboxylic acids is 1. The number of unbranched alkanes of at least 4 members (excludes halogenated alkanes) is 18. The van der Waals surface area contributed by atoms with Gasteiger partial charge in [-0.1, -0.05) is 117 Å². The summed E-state index contributed by atoms with van der Waals surface area (Å²) < 4.78 is 5.17. The maximum atomic E-state index is 11.5. The smallest absolute Gasteiger partial charge is 0.317 e. The molecule has 0 bridgehead atoms. The molecule has 0 heterocycles. The lowest BCUT2D eigenvalue weighted by Gasteiger charge is -2.10. The van der Waals surface area contributed by atoms with E-state index >= 15 is 0 Å². The van der Waals surface area contributed by atoms with Crippen LogP contribution in [0.4, 0.5) is 0 Å². The van der Waals surface area contributed by atoms with E-state index in [2.05, 4.69) is 13.8 Å². The van der Waals surface area contributed by atoms with E-state index < -0.39 is 18.4 Å². The molecule has 0 aromatic heterocycles. The van der Waals surface area contributed by atoms with Gasteiger partial charge in [-0.05, 0) is 36.6 Å². The average Bonchev–Trinajstić information content (AvgIpc) is 2.80. The lowest BCUT2D eigenvalue weighted by Crippen LogP contribution is -2.22. The summed E-state index contributed by atoms with van der Waals surface area (Å²) in [4.78, 5) is 22.2. The molecular formula is C29H57O4S+. The molecule has 0 aliphatic rings. The van der Waals surface area contributed by atoms with Gasteiger partial charge in [0.1, 0.15) is 30.3 Å². The van der Waals surface area contributed by atoms with Crippen LogP contribution in [0.5, 0.6) is 0 Å². The van der Waals surface area contributed by atoms with E-state index in [0.29, 0.717) is 17.5 Å². The van der Waals surface area contributed by atoms with Crippen LogP contribution >= 0.6 is 0 Å². The lowest BCUT2D eigenvalue weighted by atomic mass is 10.1. The van der Waals surface area contributed by atoms with Crippen LogP contribution < -0.4 is 0 Å². The zero-order valence-electron chi connectivity index (χ0n) is 22.8. The third kappa shape index (κ3) is 25.9. The van der Waals surface area contributed by atoms with Crippen molar-refractivity contribution in [3.8, 4) is 0 Å². The zero-order chi connectivity index (χ0) is 25.1. The van der Waals surface area contributed by atoms with E-state index in [1.165, 1.54) is 140 Å². The second-order valence-corrected chi connectivity index (χ2v) is 12.3. The molecule has 202 valence electrons. The molecule has 0 aromatic carbocycles. The Balaban J connectivity index is 3.95. The number of aliphatic carboxylic acids is 1. The number of carbonyl (C=O) groups is 2. The Morgan fingerprint density at radius 1 is 0.559 bits per heavy atom. The van der Waals surface area contributed by atoms with Crippen LogP contribution in [0, 0.1) is 0 Å². The molecule has 0 aromatic rings. The highest BCUT2D eigenvalue weighted by molar-refractivity contribution is 7.96. The first kappa shape index (κ1) is 33.3. The van der Waals surface area contributed by atoms with Gasteiger partial charge in [-0.2, -0.15) is 0 Å². The number of esters is 1. The van der Waals surface area contributed by atoms with Crippen LogP contribution in [0.25, 0.3) is 0 Å². The minimum atomic E-state index is -1.11. The number of hydrogen-bond acceptors (Lipinski definition) is 3. The van der Waals surface area contributed by atoms with Gasteiger partial charge in [0, 0.05) is 0 Å². The fraction of sp³-hybridized carbons (Fsp3) is 0.931. The topological polar surface area (TPSA) is 63.6 Å². The van der Waals surface area contributed by atoms with Gasteiger partial charge in [0.15, 0.2) is 0 Å². The van der Waals surface area contributed by atoms with E-state index in [4.69, 9.17) is 9.84 Å². The number of carboxylic acids is 1. The largest absolute Gasteiger partial charge is 0.481 e. The summed E-state index contributed by atoms with van der Waals surface area (Å²) in [6, 6.07) is 0. The molecule has 0 fully saturated rings. The van der Waals surface area contributed by atoms with Gasteiger partial charge in [0.2, 0.25) is 0 Å². The maximum absolute atomic E-state index is 11.5. The molecule has 0 atom stereocenters. The first-order chi connectivity index (χ1) is 16.6. The van der Waals surface area contributed by atoms with Crippen molar-refractivity contribution in [3.05, 3.63) is 0 Å². The van der Waals surface area contributed by atoms with E-state index in [9.17, 15) is 9.59 Å². The first-order valence-corrected chi connectivity index (χ1v) is 16.3. The van der Waals surface area contributed by atoms with Gasteiger partial charge in [0.25, 0.3) is 0 Å². The fourth-order valence-corrected chi connectivity index (χ4v) is 6.50. The molecule has 0 saturated carbocycles. The highest BCUT2D eigenvalue weighted by Crippen LogP contribution is 2.14. The minimum Gasteiger partial charge on any atom is -0.481 e. The predicted octanol–water partition coefficient (Wildman–Crippen LogP) is 8.46. The SMILES string of the molecule is CCCCCCCCCCCC[S+](CCCCCCCCCCCC)CCOC(=O)CC(=O)O. The quantitative estimate of drug-likeness (QED) is 0.0530. The Hall–Kier alpha value is -0.710. The van der Waals surface area contributed by atoms with Crippen LogP contribution in [0.2, 0.25) is 0 Å². The third-order valence-electron chi connectivity index (χ3n) is 6.50. The Morgan fingerprint density at radius 2 is 0.912 bits per heavy atom. The molecule has 0 saturated heterocycles. The molecule has 0 rings (SSSR count). The standard InChI is InChI=1S/C29H56O4S/c1-3-5-7-9-11-13-15-17-19-21-24-34(26-23-33-29(32)27-28(30)31)25-22-20-18-16-14-12-10-8-6-4-2/h3-27H2,1-2H3/p+1. The molecular weight excluding hydrogens is 444 g/mol. The Kier molecular flexibility index (Phi) is 26.3. The monoisotopic (exact) mass is 501 g/mol. The van der Waals surface area contributed by atoms with Crippen molar-refractivity contribution in [3.63, 3.8) is 0 Å². The molecule has 5 heteroatoms.